The van der Waals surface area contributed by atoms with Crippen molar-refractivity contribution in [2.75, 3.05) is 0 Å². The molecule has 4 heteroatoms. The standard InChI is InChI=1S/C17H15ClN2O/c1-11(19)15-10-12-6-5-9-14(18)16(12)17(21)20(15)13-7-3-2-4-8-13/h2-11H,19H2,1H3/t11-/m0/s1. The first-order valence-electron chi connectivity index (χ1n) is 6.75. The molecular formula is C17H15ClN2O. The summed E-state index contributed by atoms with van der Waals surface area (Å²) in [6.45, 7) is 1.87. The number of halogens is 1. The summed E-state index contributed by atoms with van der Waals surface area (Å²) in [6, 6.07) is 16.6. The number of rotatable bonds is 2. The maximum Gasteiger partial charge on any atom is 0.264 e. The fourth-order valence-corrected chi connectivity index (χ4v) is 2.78. The number of para-hydroxylation sites is 1. The molecule has 2 aromatic carbocycles. The van der Waals surface area contributed by atoms with E-state index >= 15 is 0 Å². The fourth-order valence-electron chi connectivity index (χ4n) is 2.52. The lowest BCUT2D eigenvalue weighted by atomic mass is 10.1. The molecule has 0 fully saturated rings. The van der Waals surface area contributed by atoms with Gasteiger partial charge in [0.15, 0.2) is 0 Å². The molecule has 0 aliphatic rings. The highest BCUT2D eigenvalue weighted by Gasteiger charge is 2.15. The smallest absolute Gasteiger partial charge is 0.264 e. The third-order valence-corrected chi connectivity index (χ3v) is 3.82. The molecule has 1 heterocycles. The van der Waals surface area contributed by atoms with Gasteiger partial charge in [0.25, 0.3) is 5.56 Å². The molecule has 0 spiro atoms. The second kappa shape index (κ2) is 5.35. The van der Waals surface area contributed by atoms with Gasteiger partial charge in [0.1, 0.15) is 0 Å². The molecule has 21 heavy (non-hydrogen) atoms. The molecular weight excluding hydrogens is 284 g/mol. The van der Waals surface area contributed by atoms with Crippen LogP contribution < -0.4 is 11.3 Å². The van der Waals surface area contributed by atoms with Crippen molar-refractivity contribution in [3.8, 4) is 5.69 Å². The number of fused-ring (bicyclic) bond motifs is 1. The van der Waals surface area contributed by atoms with Gasteiger partial charge < -0.3 is 5.73 Å². The first-order valence-corrected chi connectivity index (χ1v) is 7.12. The van der Waals surface area contributed by atoms with E-state index in [-0.39, 0.29) is 11.6 Å². The Labute approximate surface area is 127 Å². The quantitative estimate of drug-likeness (QED) is 0.785. The predicted molar refractivity (Wildman–Crippen MR) is 87.2 cm³/mol. The first-order chi connectivity index (χ1) is 10.1. The van der Waals surface area contributed by atoms with Gasteiger partial charge in [-0.05, 0) is 36.6 Å². The van der Waals surface area contributed by atoms with Gasteiger partial charge >= 0.3 is 0 Å². The number of hydrogen-bond donors (Lipinski definition) is 1. The van der Waals surface area contributed by atoms with Crippen LogP contribution in [0.25, 0.3) is 16.5 Å². The molecule has 1 aromatic heterocycles. The number of aromatic nitrogens is 1. The predicted octanol–water partition coefficient (Wildman–Crippen LogP) is 3.66. The summed E-state index contributed by atoms with van der Waals surface area (Å²) in [5.74, 6) is 0. The molecule has 0 saturated carbocycles. The van der Waals surface area contributed by atoms with Gasteiger partial charge in [0.05, 0.1) is 10.4 Å². The maximum absolute atomic E-state index is 12.9. The van der Waals surface area contributed by atoms with Gasteiger partial charge in [0.2, 0.25) is 0 Å². The molecule has 0 saturated heterocycles. The van der Waals surface area contributed by atoms with Crippen LogP contribution in [-0.2, 0) is 0 Å². The van der Waals surface area contributed by atoms with Gasteiger partial charge in [-0.2, -0.15) is 0 Å². The Morgan fingerprint density at radius 2 is 1.81 bits per heavy atom. The topological polar surface area (TPSA) is 48.0 Å². The van der Waals surface area contributed by atoms with Crippen molar-refractivity contribution in [3.63, 3.8) is 0 Å². The molecule has 0 unspecified atom stereocenters. The Kier molecular flexibility index (Phi) is 3.53. The van der Waals surface area contributed by atoms with Gasteiger partial charge in [-0.3, -0.25) is 9.36 Å². The Hall–Kier alpha value is -2.10. The van der Waals surface area contributed by atoms with Crippen molar-refractivity contribution in [2.24, 2.45) is 5.73 Å². The van der Waals surface area contributed by atoms with Crippen molar-refractivity contribution in [2.45, 2.75) is 13.0 Å². The van der Waals surface area contributed by atoms with Gasteiger partial charge in [-0.1, -0.05) is 41.9 Å². The zero-order chi connectivity index (χ0) is 15.0. The van der Waals surface area contributed by atoms with Crippen LogP contribution in [0, 0.1) is 0 Å². The van der Waals surface area contributed by atoms with Crippen LogP contribution in [0.1, 0.15) is 18.7 Å². The Morgan fingerprint density at radius 1 is 1.10 bits per heavy atom. The molecule has 106 valence electrons. The lowest BCUT2D eigenvalue weighted by molar-refractivity contribution is 0.734. The van der Waals surface area contributed by atoms with E-state index in [0.717, 1.165) is 16.8 Å². The first kappa shape index (κ1) is 13.9. The minimum Gasteiger partial charge on any atom is -0.323 e. The molecule has 0 amide bonds. The molecule has 0 bridgehead atoms. The highest BCUT2D eigenvalue weighted by Crippen LogP contribution is 2.24. The van der Waals surface area contributed by atoms with E-state index < -0.39 is 0 Å². The maximum atomic E-state index is 12.9. The highest BCUT2D eigenvalue weighted by molar-refractivity contribution is 6.35. The molecule has 0 radical (unpaired) electrons. The van der Waals surface area contributed by atoms with Crippen molar-refractivity contribution in [1.29, 1.82) is 0 Å². The van der Waals surface area contributed by atoms with Crippen molar-refractivity contribution >= 4 is 22.4 Å². The van der Waals surface area contributed by atoms with Gasteiger partial charge in [-0.15, -0.1) is 0 Å². The van der Waals surface area contributed by atoms with Crippen LogP contribution in [0.2, 0.25) is 5.02 Å². The minimum absolute atomic E-state index is 0.142. The van der Waals surface area contributed by atoms with Crippen LogP contribution in [-0.4, -0.2) is 4.57 Å². The minimum atomic E-state index is -0.263. The fraction of sp³-hybridized carbons (Fsp3) is 0.118. The molecule has 0 aliphatic carbocycles. The summed E-state index contributed by atoms with van der Waals surface area (Å²) in [6.07, 6.45) is 0. The zero-order valence-electron chi connectivity index (χ0n) is 11.6. The summed E-state index contributed by atoms with van der Waals surface area (Å²) in [7, 11) is 0. The van der Waals surface area contributed by atoms with Crippen LogP contribution in [0.3, 0.4) is 0 Å². The van der Waals surface area contributed by atoms with E-state index in [0.29, 0.717) is 10.4 Å². The largest absolute Gasteiger partial charge is 0.323 e. The zero-order valence-corrected chi connectivity index (χ0v) is 12.3. The van der Waals surface area contributed by atoms with Crippen LogP contribution in [0.5, 0.6) is 0 Å². The second-order valence-corrected chi connectivity index (χ2v) is 5.45. The number of benzene rings is 2. The second-order valence-electron chi connectivity index (χ2n) is 5.04. The normalized spacial score (nSPS) is 12.5. The highest BCUT2D eigenvalue weighted by atomic mass is 35.5. The van der Waals surface area contributed by atoms with E-state index in [1.807, 2.05) is 55.5 Å². The van der Waals surface area contributed by atoms with E-state index in [9.17, 15) is 4.79 Å². The summed E-state index contributed by atoms with van der Waals surface area (Å²) in [5.41, 5.74) is 7.47. The van der Waals surface area contributed by atoms with Gasteiger partial charge in [-0.25, -0.2) is 0 Å². The summed E-state index contributed by atoms with van der Waals surface area (Å²) >= 11 is 6.21. The molecule has 3 rings (SSSR count). The van der Waals surface area contributed by atoms with E-state index in [1.54, 1.807) is 10.6 Å². The SMILES string of the molecule is C[C@H](N)c1cc2cccc(Cl)c2c(=O)n1-c1ccccc1. The number of nitrogens with two attached hydrogens (primary N) is 1. The van der Waals surface area contributed by atoms with Crippen LogP contribution in [0.4, 0.5) is 0 Å². The van der Waals surface area contributed by atoms with Crippen molar-refractivity contribution in [1.82, 2.24) is 4.57 Å². The van der Waals surface area contributed by atoms with Crippen LogP contribution >= 0.6 is 11.6 Å². The molecule has 0 aliphatic heterocycles. The van der Waals surface area contributed by atoms with Gasteiger partial charge in [0, 0.05) is 17.4 Å². The molecule has 2 N–H and O–H groups in total. The van der Waals surface area contributed by atoms with E-state index in [1.165, 1.54) is 0 Å². The van der Waals surface area contributed by atoms with Crippen molar-refractivity contribution in [3.05, 3.63) is 75.7 Å². The third kappa shape index (κ3) is 2.35. The van der Waals surface area contributed by atoms with Crippen LogP contribution in [0.15, 0.2) is 59.4 Å². The summed E-state index contributed by atoms with van der Waals surface area (Å²) < 4.78 is 1.64. The summed E-state index contributed by atoms with van der Waals surface area (Å²) in [5, 5.41) is 1.79. The molecule has 1 atom stereocenters. The van der Waals surface area contributed by atoms with Crippen molar-refractivity contribution < 1.29 is 0 Å². The monoisotopic (exact) mass is 298 g/mol. The molecule has 3 aromatic rings. The average molecular weight is 299 g/mol. The lowest BCUT2D eigenvalue weighted by Gasteiger charge is -2.17. The lowest BCUT2D eigenvalue weighted by Crippen LogP contribution is -2.25. The van der Waals surface area contributed by atoms with E-state index in [2.05, 4.69) is 0 Å². The molecule has 3 nitrogen and oxygen atoms in total. The summed E-state index contributed by atoms with van der Waals surface area (Å²) in [4.78, 5) is 12.9. The van der Waals surface area contributed by atoms with E-state index in [4.69, 9.17) is 17.3 Å². The number of pyridine rings is 1. The Balaban J connectivity index is 2.47. The average Bonchev–Trinajstić information content (AvgIpc) is 2.47. The Bertz CT molecular complexity index is 854. The number of hydrogen-bond acceptors (Lipinski definition) is 2. The number of nitrogens with zero attached hydrogens (tertiary/aromatic N) is 1. The third-order valence-electron chi connectivity index (χ3n) is 3.51. The Morgan fingerprint density at radius 3 is 2.48 bits per heavy atom.